The number of nitrogens with one attached hydrogen (secondary N) is 1. The van der Waals surface area contributed by atoms with E-state index in [1.54, 1.807) is 37.4 Å². The zero-order valence-electron chi connectivity index (χ0n) is 14.6. The van der Waals surface area contributed by atoms with E-state index < -0.39 is 10.0 Å². The van der Waals surface area contributed by atoms with E-state index in [1.807, 2.05) is 19.9 Å². The van der Waals surface area contributed by atoms with Gasteiger partial charge in [0.15, 0.2) is 0 Å². The van der Waals surface area contributed by atoms with Crippen LogP contribution in [0.15, 0.2) is 53.4 Å². The van der Waals surface area contributed by atoms with Crippen LogP contribution < -0.4 is 18.9 Å². The number of hydrogen-bond donors (Lipinski definition) is 1. The summed E-state index contributed by atoms with van der Waals surface area (Å²) < 4.78 is 43.1. The monoisotopic (exact) mass is 365 g/mol. The molecule has 7 heteroatoms. The van der Waals surface area contributed by atoms with Crippen LogP contribution in [0.1, 0.15) is 13.8 Å². The maximum absolute atomic E-state index is 12.2. The van der Waals surface area contributed by atoms with Crippen LogP contribution in [0.5, 0.6) is 17.2 Å². The Morgan fingerprint density at radius 2 is 1.68 bits per heavy atom. The summed E-state index contributed by atoms with van der Waals surface area (Å²) in [6.45, 7) is 4.19. The Morgan fingerprint density at radius 3 is 2.32 bits per heavy atom. The maximum Gasteiger partial charge on any atom is 0.240 e. The molecule has 0 saturated carbocycles. The molecule has 1 N–H and O–H groups in total. The van der Waals surface area contributed by atoms with Gasteiger partial charge in [0.25, 0.3) is 0 Å². The molecule has 0 aliphatic rings. The van der Waals surface area contributed by atoms with Gasteiger partial charge in [-0.3, -0.25) is 0 Å². The Hall–Kier alpha value is -2.25. The lowest BCUT2D eigenvalue weighted by atomic mass is 10.3. The summed E-state index contributed by atoms with van der Waals surface area (Å²) in [5.41, 5.74) is 0. The van der Waals surface area contributed by atoms with Gasteiger partial charge >= 0.3 is 0 Å². The molecule has 2 aromatic rings. The van der Waals surface area contributed by atoms with Gasteiger partial charge in [0.1, 0.15) is 23.9 Å². The van der Waals surface area contributed by atoms with Gasteiger partial charge in [-0.1, -0.05) is 6.07 Å². The highest BCUT2D eigenvalue weighted by Crippen LogP contribution is 2.19. The molecule has 0 atom stereocenters. The van der Waals surface area contributed by atoms with Crippen molar-refractivity contribution in [2.24, 2.45) is 0 Å². The summed E-state index contributed by atoms with van der Waals surface area (Å²) in [5, 5.41) is 0. The summed E-state index contributed by atoms with van der Waals surface area (Å²) in [4.78, 5) is 0.185. The summed E-state index contributed by atoms with van der Waals surface area (Å²) in [6.07, 6.45) is 0.0364. The molecule has 0 radical (unpaired) electrons. The van der Waals surface area contributed by atoms with Crippen LogP contribution in [0, 0.1) is 0 Å². The zero-order valence-corrected chi connectivity index (χ0v) is 15.4. The van der Waals surface area contributed by atoms with Gasteiger partial charge in [0, 0.05) is 12.6 Å². The molecule has 0 fully saturated rings. The summed E-state index contributed by atoms with van der Waals surface area (Å²) in [5.74, 6) is 1.94. The fourth-order valence-corrected chi connectivity index (χ4v) is 3.10. The molecule has 6 nitrogen and oxygen atoms in total. The number of ether oxygens (including phenoxy) is 3. The van der Waals surface area contributed by atoms with Crippen LogP contribution in [-0.2, 0) is 10.0 Å². The Bertz CT molecular complexity index is 772. The van der Waals surface area contributed by atoms with Crippen LogP contribution in [0.4, 0.5) is 0 Å². The zero-order chi connectivity index (χ0) is 18.3. The molecule has 0 unspecified atom stereocenters. The van der Waals surface area contributed by atoms with E-state index in [4.69, 9.17) is 14.2 Å². The molecule has 0 aliphatic carbocycles. The standard InChI is InChI=1S/C18H23NO5S/c1-14(2)24-15-7-9-18(10-8-15)25(20,21)19-11-12-23-17-6-4-5-16(13-17)22-3/h4-10,13-14,19H,11-12H2,1-3H3. The molecule has 0 bridgehead atoms. The molecule has 0 saturated heterocycles. The van der Waals surface area contributed by atoms with Gasteiger partial charge in [-0.15, -0.1) is 0 Å². The number of sulfonamides is 1. The van der Waals surface area contributed by atoms with E-state index >= 15 is 0 Å². The van der Waals surface area contributed by atoms with E-state index in [0.717, 1.165) is 0 Å². The lowest BCUT2D eigenvalue weighted by Crippen LogP contribution is -2.28. The number of benzene rings is 2. The SMILES string of the molecule is COc1cccc(OCCNS(=O)(=O)c2ccc(OC(C)C)cc2)c1. The van der Waals surface area contributed by atoms with Crippen LogP contribution in [0.2, 0.25) is 0 Å². The van der Waals surface area contributed by atoms with Crippen molar-refractivity contribution in [3.05, 3.63) is 48.5 Å². The van der Waals surface area contributed by atoms with Gasteiger partial charge in [-0.25, -0.2) is 13.1 Å². The number of hydrogen-bond acceptors (Lipinski definition) is 5. The normalized spacial score (nSPS) is 11.4. The Kier molecular flexibility index (Phi) is 6.66. The smallest absolute Gasteiger partial charge is 0.240 e. The molecule has 136 valence electrons. The maximum atomic E-state index is 12.2. The topological polar surface area (TPSA) is 73.9 Å². The fraction of sp³-hybridized carbons (Fsp3) is 0.333. The van der Waals surface area contributed by atoms with Crippen molar-refractivity contribution in [1.82, 2.24) is 4.72 Å². The molecule has 0 spiro atoms. The molecule has 2 rings (SSSR count). The highest BCUT2D eigenvalue weighted by Gasteiger charge is 2.13. The third-order valence-corrected chi connectivity index (χ3v) is 4.69. The first-order chi connectivity index (χ1) is 11.9. The predicted molar refractivity (Wildman–Crippen MR) is 95.9 cm³/mol. The second-order valence-corrected chi connectivity index (χ2v) is 7.33. The summed E-state index contributed by atoms with van der Waals surface area (Å²) in [6, 6.07) is 13.4. The third-order valence-electron chi connectivity index (χ3n) is 3.21. The van der Waals surface area contributed by atoms with E-state index in [9.17, 15) is 8.42 Å². The minimum Gasteiger partial charge on any atom is -0.497 e. The minimum absolute atomic E-state index is 0.0364. The van der Waals surface area contributed by atoms with Crippen molar-refractivity contribution in [1.29, 1.82) is 0 Å². The molecule has 2 aromatic carbocycles. The molecule has 0 aliphatic heterocycles. The van der Waals surface area contributed by atoms with Gasteiger partial charge < -0.3 is 14.2 Å². The molecular weight excluding hydrogens is 342 g/mol. The first kappa shape index (κ1) is 19.1. The van der Waals surface area contributed by atoms with E-state index in [0.29, 0.717) is 17.2 Å². The molecule has 0 amide bonds. The molecular formula is C18H23NO5S. The lowest BCUT2D eigenvalue weighted by molar-refractivity contribution is 0.242. The number of methoxy groups -OCH3 is 1. The van der Waals surface area contributed by atoms with Crippen LogP contribution in [0.3, 0.4) is 0 Å². The van der Waals surface area contributed by atoms with Crippen molar-refractivity contribution in [3.63, 3.8) is 0 Å². The van der Waals surface area contributed by atoms with Crippen molar-refractivity contribution < 1.29 is 22.6 Å². The Morgan fingerprint density at radius 1 is 1.00 bits per heavy atom. The number of rotatable bonds is 9. The van der Waals surface area contributed by atoms with E-state index in [-0.39, 0.29) is 24.2 Å². The van der Waals surface area contributed by atoms with E-state index in [1.165, 1.54) is 12.1 Å². The van der Waals surface area contributed by atoms with E-state index in [2.05, 4.69) is 4.72 Å². The van der Waals surface area contributed by atoms with Crippen molar-refractivity contribution in [2.75, 3.05) is 20.3 Å². The third kappa shape index (κ3) is 5.95. The largest absolute Gasteiger partial charge is 0.497 e. The van der Waals surface area contributed by atoms with Crippen molar-refractivity contribution in [2.45, 2.75) is 24.8 Å². The van der Waals surface area contributed by atoms with Gasteiger partial charge in [-0.05, 0) is 50.2 Å². The first-order valence-corrected chi connectivity index (χ1v) is 9.42. The Balaban J connectivity index is 1.86. The molecule has 0 aromatic heterocycles. The van der Waals surface area contributed by atoms with Crippen LogP contribution in [0.25, 0.3) is 0 Å². The van der Waals surface area contributed by atoms with Crippen LogP contribution in [-0.4, -0.2) is 34.8 Å². The average Bonchev–Trinajstić information content (AvgIpc) is 2.59. The Labute approximate surface area is 148 Å². The lowest BCUT2D eigenvalue weighted by Gasteiger charge is -2.11. The minimum atomic E-state index is -3.58. The van der Waals surface area contributed by atoms with Gasteiger partial charge in [0.05, 0.1) is 18.1 Å². The summed E-state index contributed by atoms with van der Waals surface area (Å²) >= 11 is 0. The highest BCUT2D eigenvalue weighted by molar-refractivity contribution is 7.89. The highest BCUT2D eigenvalue weighted by atomic mass is 32.2. The van der Waals surface area contributed by atoms with Gasteiger partial charge in [0.2, 0.25) is 10.0 Å². The van der Waals surface area contributed by atoms with Crippen molar-refractivity contribution in [3.8, 4) is 17.2 Å². The van der Waals surface area contributed by atoms with Crippen LogP contribution >= 0.6 is 0 Å². The molecule has 0 heterocycles. The first-order valence-electron chi connectivity index (χ1n) is 7.94. The fourth-order valence-electron chi connectivity index (χ4n) is 2.09. The molecule has 25 heavy (non-hydrogen) atoms. The second kappa shape index (κ2) is 8.73. The second-order valence-electron chi connectivity index (χ2n) is 5.56. The quantitative estimate of drug-likeness (QED) is 0.692. The summed E-state index contributed by atoms with van der Waals surface area (Å²) in [7, 11) is -2.01. The van der Waals surface area contributed by atoms with Gasteiger partial charge in [-0.2, -0.15) is 0 Å². The predicted octanol–water partition coefficient (Wildman–Crippen LogP) is 2.84. The van der Waals surface area contributed by atoms with Crippen molar-refractivity contribution >= 4 is 10.0 Å². The average molecular weight is 365 g/mol.